The molecule has 0 radical (unpaired) electrons. The van der Waals surface area contributed by atoms with Crippen molar-refractivity contribution in [2.24, 2.45) is 29.1 Å². The first-order chi connectivity index (χ1) is 14.3. The lowest BCUT2D eigenvalue weighted by Gasteiger charge is -2.56. The number of fused-ring (bicyclic) bond motifs is 5. The van der Waals surface area contributed by atoms with Gasteiger partial charge < -0.3 is 4.74 Å². The van der Waals surface area contributed by atoms with Crippen molar-refractivity contribution in [1.82, 2.24) is 0 Å². The summed E-state index contributed by atoms with van der Waals surface area (Å²) in [7, 11) is 0. The van der Waals surface area contributed by atoms with E-state index in [0.717, 1.165) is 50.5 Å². The molecule has 0 saturated heterocycles. The number of esters is 1. The molecule has 0 spiro atoms. The van der Waals surface area contributed by atoms with Crippen LogP contribution in [0.3, 0.4) is 0 Å². The Morgan fingerprint density at radius 3 is 2.60 bits per heavy atom. The molecule has 6 atom stereocenters. The van der Waals surface area contributed by atoms with Gasteiger partial charge in [0.2, 0.25) is 0 Å². The van der Waals surface area contributed by atoms with E-state index in [4.69, 9.17) is 4.74 Å². The van der Waals surface area contributed by atoms with E-state index in [1.54, 1.807) is 6.92 Å². The maximum atomic E-state index is 13.2. The second-order valence-corrected chi connectivity index (χ2v) is 10.1. The summed E-state index contributed by atoms with van der Waals surface area (Å²) in [5, 5.41) is 0. The molecule has 0 unspecified atom stereocenters. The van der Waals surface area contributed by atoms with Gasteiger partial charge in [-0.3, -0.25) is 14.4 Å². The van der Waals surface area contributed by atoms with E-state index < -0.39 is 5.60 Å². The minimum atomic E-state index is -1.16. The van der Waals surface area contributed by atoms with Crippen molar-refractivity contribution in [2.75, 3.05) is 0 Å². The molecule has 4 aliphatic rings. The highest BCUT2D eigenvalue weighted by molar-refractivity contribution is 5.93. The standard InChI is InChI=1S/C26H36O4/c1-5-7-24(29)30-26(17(4)27)16(3)14-23-22-10-8-18-15-19(28)9-11-20(18)21(22)12-13-25(23,26)6-2/h15,20-23H,3,5-14H2,1-2,4H3/t20-,21+,22+,23-,25-,26-/m0/s1. The van der Waals surface area contributed by atoms with E-state index in [-0.39, 0.29) is 23.0 Å². The lowest BCUT2D eigenvalue weighted by Crippen LogP contribution is -2.59. The maximum absolute atomic E-state index is 13.2. The molecule has 0 aliphatic heterocycles. The second-order valence-electron chi connectivity index (χ2n) is 10.1. The summed E-state index contributed by atoms with van der Waals surface area (Å²) in [5.41, 5.74) is 0.668. The highest BCUT2D eigenvalue weighted by atomic mass is 16.6. The molecule has 3 saturated carbocycles. The Hall–Kier alpha value is -1.71. The van der Waals surface area contributed by atoms with Crippen molar-refractivity contribution in [2.45, 2.75) is 90.6 Å². The van der Waals surface area contributed by atoms with Gasteiger partial charge in [0.25, 0.3) is 0 Å². The molecular weight excluding hydrogens is 376 g/mol. The summed E-state index contributed by atoms with van der Waals surface area (Å²) in [6.07, 6.45) is 10.2. The summed E-state index contributed by atoms with van der Waals surface area (Å²) in [4.78, 5) is 37.8. The molecule has 0 aromatic carbocycles. The minimum absolute atomic E-state index is 0.0561. The maximum Gasteiger partial charge on any atom is 0.307 e. The molecule has 3 fully saturated rings. The molecule has 4 rings (SSSR count). The summed E-state index contributed by atoms with van der Waals surface area (Å²) in [6, 6.07) is 0. The van der Waals surface area contributed by atoms with E-state index in [1.165, 1.54) is 5.57 Å². The van der Waals surface area contributed by atoms with Crippen molar-refractivity contribution in [3.63, 3.8) is 0 Å². The van der Waals surface area contributed by atoms with E-state index in [0.29, 0.717) is 42.9 Å². The first-order valence-corrected chi connectivity index (χ1v) is 11.9. The van der Waals surface area contributed by atoms with Gasteiger partial charge in [0, 0.05) is 18.3 Å². The zero-order chi connectivity index (χ0) is 21.7. The van der Waals surface area contributed by atoms with Gasteiger partial charge in [-0.15, -0.1) is 0 Å². The van der Waals surface area contributed by atoms with Gasteiger partial charge >= 0.3 is 5.97 Å². The summed E-state index contributed by atoms with van der Waals surface area (Å²) < 4.78 is 6.13. The van der Waals surface area contributed by atoms with Crippen LogP contribution in [0.5, 0.6) is 0 Å². The number of Topliss-reactive ketones (excluding diaryl/α,β-unsaturated/α-hetero) is 1. The monoisotopic (exact) mass is 412 g/mol. The van der Waals surface area contributed by atoms with Crippen LogP contribution < -0.4 is 0 Å². The van der Waals surface area contributed by atoms with Crippen LogP contribution in [0.25, 0.3) is 0 Å². The van der Waals surface area contributed by atoms with Crippen LogP contribution in [0, 0.1) is 29.1 Å². The summed E-state index contributed by atoms with van der Waals surface area (Å²) >= 11 is 0. The van der Waals surface area contributed by atoms with Gasteiger partial charge in [-0.05, 0) is 93.6 Å². The third-order valence-electron chi connectivity index (χ3n) is 9.02. The summed E-state index contributed by atoms with van der Waals surface area (Å²) in [6.45, 7) is 10.0. The zero-order valence-corrected chi connectivity index (χ0v) is 18.8. The molecule has 0 aromatic heterocycles. The average molecular weight is 413 g/mol. The molecule has 30 heavy (non-hydrogen) atoms. The van der Waals surface area contributed by atoms with Gasteiger partial charge in [-0.2, -0.15) is 0 Å². The summed E-state index contributed by atoms with van der Waals surface area (Å²) in [5.74, 6) is 1.88. The van der Waals surface area contributed by atoms with Crippen LogP contribution in [-0.2, 0) is 19.1 Å². The smallest absolute Gasteiger partial charge is 0.307 e. The molecule has 4 nitrogen and oxygen atoms in total. The van der Waals surface area contributed by atoms with Crippen LogP contribution in [0.4, 0.5) is 0 Å². The predicted molar refractivity (Wildman–Crippen MR) is 116 cm³/mol. The largest absolute Gasteiger partial charge is 0.446 e. The first-order valence-electron chi connectivity index (χ1n) is 11.9. The third-order valence-corrected chi connectivity index (χ3v) is 9.02. The Morgan fingerprint density at radius 1 is 1.17 bits per heavy atom. The van der Waals surface area contributed by atoms with Crippen molar-refractivity contribution in [3.05, 3.63) is 23.8 Å². The topological polar surface area (TPSA) is 60.4 Å². The molecule has 4 heteroatoms. The van der Waals surface area contributed by atoms with Crippen LogP contribution in [-0.4, -0.2) is 23.1 Å². The van der Waals surface area contributed by atoms with Crippen molar-refractivity contribution >= 4 is 17.5 Å². The second kappa shape index (κ2) is 7.76. The molecular formula is C26H36O4. The SMILES string of the molecule is C=C1C[C@H]2[C@@H]3CCC4=CC(=O)CC[C@@H]4[C@H]3CC[C@]2(CC)[C@@]1(OC(=O)CCC)C(C)=O. The number of ketones is 2. The van der Waals surface area contributed by atoms with Crippen molar-refractivity contribution in [1.29, 1.82) is 0 Å². The molecule has 0 amide bonds. The lowest BCUT2D eigenvalue weighted by molar-refractivity contribution is -0.185. The van der Waals surface area contributed by atoms with Crippen LogP contribution in [0.15, 0.2) is 23.8 Å². The Bertz CT molecular complexity index is 808. The van der Waals surface area contributed by atoms with Crippen LogP contribution >= 0.6 is 0 Å². The van der Waals surface area contributed by atoms with Gasteiger partial charge in [0.05, 0.1) is 0 Å². The molecule has 0 aromatic rings. The molecule has 0 bridgehead atoms. The number of carbonyl (C=O) groups excluding carboxylic acids is 3. The molecule has 0 N–H and O–H groups in total. The Morgan fingerprint density at radius 2 is 1.93 bits per heavy atom. The van der Waals surface area contributed by atoms with E-state index in [2.05, 4.69) is 13.5 Å². The Balaban J connectivity index is 1.72. The van der Waals surface area contributed by atoms with Gasteiger partial charge in [-0.1, -0.05) is 26.0 Å². The fourth-order valence-electron chi connectivity index (χ4n) is 7.90. The third kappa shape index (κ3) is 2.89. The number of ether oxygens (including phenoxy) is 1. The number of hydrogen-bond donors (Lipinski definition) is 0. The molecule has 4 aliphatic carbocycles. The minimum Gasteiger partial charge on any atom is -0.446 e. The predicted octanol–water partition coefficient (Wildman–Crippen LogP) is 5.36. The van der Waals surface area contributed by atoms with E-state index >= 15 is 0 Å². The van der Waals surface area contributed by atoms with Crippen LogP contribution in [0.2, 0.25) is 0 Å². The van der Waals surface area contributed by atoms with Gasteiger partial charge in [-0.25, -0.2) is 0 Å². The van der Waals surface area contributed by atoms with E-state index in [1.807, 2.05) is 13.0 Å². The fraction of sp³-hybridized carbons (Fsp3) is 0.731. The quantitative estimate of drug-likeness (QED) is 0.451. The highest BCUT2D eigenvalue weighted by Gasteiger charge is 2.69. The molecule has 164 valence electrons. The normalized spacial score (nSPS) is 40.2. The fourth-order valence-corrected chi connectivity index (χ4v) is 7.90. The van der Waals surface area contributed by atoms with E-state index in [9.17, 15) is 14.4 Å². The van der Waals surface area contributed by atoms with Gasteiger partial charge in [0.1, 0.15) is 0 Å². The lowest BCUT2D eigenvalue weighted by atomic mass is 9.49. The first kappa shape index (κ1) is 21.5. The van der Waals surface area contributed by atoms with Crippen molar-refractivity contribution < 1.29 is 19.1 Å². The number of rotatable bonds is 5. The zero-order valence-electron chi connectivity index (χ0n) is 18.8. The highest BCUT2D eigenvalue weighted by Crippen LogP contribution is 2.68. The van der Waals surface area contributed by atoms with Crippen LogP contribution in [0.1, 0.15) is 85.0 Å². The number of carbonyl (C=O) groups is 3. The van der Waals surface area contributed by atoms with Gasteiger partial charge in [0.15, 0.2) is 17.2 Å². The number of hydrogen-bond acceptors (Lipinski definition) is 4. The Kier molecular flexibility index (Phi) is 5.57. The average Bonchev–Trinajstić information content (AvgIpc) is 2.97. The van der Waals surface area contributed by atoms with Crippen molar-refractivity contribution in [3.8, 4) is 0 Å². The molecule has 0 heterocycles. The Labute approximate surface area is 180 Å². The number of allylic oxidation sites excluding steroid dienone is 1.